The van der Waals surface area contributed by atoms with E-state index in [1.165, 1.54) is 12.8 Å². The van der Waals surface area contributed by atoms with E-state index < -0.39 is 18.6 Å². The summed E-state index contributed by atoms with van der Waals surface area (Å²) in [5.41, 5.74) is 1.59. The van der Waals surface area contributed by atoms with Crippen molar-refractivity contribution >= 4 is 22.8 Å². The maximum atomic E-state index is 12.4. The van der Waals surface area contributed by atoms with Crippen molar-refractivity contribution in [3.8, 4) is 0 Å². The summed E-state index contributed by atoms with van der Waals surface area (Å²) in [6, 6.07) is 4.10. The Morgan fingerprint density at radius 3 is 2.80 bits per heavy atom. The number of carbonyl (C=O) groups is 2. The largest absolute Gasteiger partial charge is 0.394 e. The fourth-order valence-electron chi connectivity index (χ4n) is 4.12. The van der Waals surface area contributed by atoms with Gasteiger partial charge in [0.15, 0.2) is 0 Å². The van der Waals surface area contributed by atoms with E-state index in [2.05, 4.69) is 26.0 Å². The third-order valence-electron chi connectivity index (χ3n) is 5.45. The molecule has 25 heavy (non-hydrogen) atoms. The van der Waals surface area contributed by atoms with E-state index in [-0.39, 0.29) is 11.9 Å². The summed E-state index contributed by atoms with van der Waals surface area (Å²) in [4.78, 5) is 24.8. The molecule has 4 rings (SSSR count). The predicted octanol–water partition coefficient (Wildman–Crippen LogP) is 0.353. The van der Waals surface area contributed by atoms with E-state index in [1.54, 1.807) is 18.2 Å². The number of amides is 2. The molecule has 2 aromatic rings. The molecule has 2 aliphatic carbocycles. The molecule has 3 unspecified atom stereocenters. The maximum Gasteiger partial charge on any atom is 0.252 e. The second-order valence-electron chi connectivity index (χ2n) is 7.03. The summed E-state index contributed by atoms with van der Waals surface area (Å²) >= 11 is 0. The van der Waals surface area contributed by atoms with Crippen LogP contribution < -0.4 is 10.6 Å². The number of hydrogen-bond donors (Lipinski definition) is 4. The molecule has 2 saturated carbocycles. The number of aromatic amines is 1. The Morgan fingerprint density at radius 2 is 2.08 bits per heavy atom. The van der Waals surface area contributed by atoms with Gasteiger partial charge in [-0.25, -0.2) is 0 Å². The van der Waals surface area contributed by atoms with Crippen molar-refractivity contribution in [1.29, 1.82) is 0 Å². The van der Waals surface area contributed by atoms with Crippen LogP contribution in [0.5, 0.6) is 0 Å². The number of hydrogen-bond acceptors (Lipinski definition) is 5. The number of aliphatic hydroxyl groups is 1. The van der Waals surface area contributed by atoms with E-state index in [9.17, 15) is 14.7 Å². The molecule has 2 aliphatic rings. The lowest BCUT2D eigenvalue weighted by Gasteiger charge is -2.25. The Bertz CT molecular complexity index is 804. The lowest BCUT2D eigenvalue weighted by molar-refractivity contribution is -0.124. The maximum absolute atomic E-state index is 12.4. The van der Waals surface area contributed by atoms with E-state index in [1.807, 2.05) is 0 Å². The van der Waals surface area contributed by atoms with Crippen LogP contribution in [0.1, 0.15) is 36.0 Å². The Kier molecular flexibility index (Phi) is 4.12. The first kappa shape index (κ1) is 16.0. The Hall–Kier alpha value is -2.48. The summed E-state index contributed by atoms with van der Waals surface area (Å²) in [5, 5.41) is 25.5. The molecule has 1 aromatic heterocycles. The van der Waals surface area contributed by atoms with Gasteiger partial charge in [-0.05, 0) is 49.3 Å². The van der Waals surface area contributed by atoms with Gasteiger partial charge in [-0.3, -0.25) is 9.59 Å². The number of rotatable bonds is 5. The average Bonchev–Trinajstić information content (AvgIpc) is 3.34. The third kappa shape index (κ3) is 3.09. The summed E-state index contributed by atoms with van der Waals surface area (Å²) in [6.07, 6.45) is 4.59. The van der Waals surface area contributed by atoms with Gasteiger partial charge in [-0.1, -0.05) is 6.42 Å². The number of nitrogens with one attached hydrogen (secondary N) is 3. The van der Waals surface area contributed by atoms with Gasteiger partial charge >= 0.3 is 0 Å². The van der Waals surface area contributed by atoms with Crippen LogP contribution in [-0.2, 0) is 4.79 Å². The number of nitrogens with zero attached hydrogens (tertiary/aromatic N) is 2. The van der Waals surface area contributed by atoms with Crippen molar-refractivity contribution in [2.75, 3.05) is 6.61 Å². The summed E-state index contributed by atoms with van der Waals surface area (Å²) in [5.74, 6) is 0.508. The number of carbonyl (C=O) groups excluding carboxylic acids is 2. The zero-order valence-electron chi connectivity index (χ0n) is 13.7. The molecule has 1 aromatic carbocycles. The van der Waals surface area contributed by atoms with E-state index >= 15 is 0 Å². The Morgan fingerprint density at radius 1 is 1.24 bits per heavy atom. The SMILES string of the molecule is O=C(N[C@@H](CO)C(=O)NC1CC2CCC1C2)c1ccc2n[nH]nc2c1. The molecule has 8 nitrogen and oxygen atoms in total. The second-order valence-corrected chi connectivity index (χ2v) is 7.03. The first-order valence-electron chi connectivity index (χ1n) is 8.66. The lowest BCUT2D eigenvalue weighted by atomic mass is 9.95. The standard InChI is InChI=1S/C17H21N5O3/c23-8-15(17(25)18-13-6-9-1-2-10(13)5-9)19-16(24)11-3-4-12-14(7-11)21-22-20-12/h3-4,7,9-10,13,15,23H,1-2,5-6,8H2,(H,18,25)(H,19,24)(H,20,21,22)/t9?,10?,13?,15-/m0/s1. The molecule has 2 fully saturated rings. The monoisotopic (exact) mass is 343 g/mol. The van der Waals surface area contributed by atoms with Crippen molar-refractivity contribution < 1.29 is 14.7 Å². The van der Waals surface area contributed by atoms with Gasteiger partial charge in [0.25, 0.3) is 5.91 Å². The smallest absolute Gasteiger partial charge is 0.252 e. The molecule has 8 heteroatoms. The number of H-pyrrole nitrogens is 1. The lowest BCUT2D eigenvalue weighted by Crippen LogP contribution is -2.52. The summed E-state index contributed by atoms with van der Waals surface area (Å²) in [7, 11) is 0. The molecule has 2 bridgehead atoms. The molecule has 132 valence electrons. The average molecular weight is 343 g/mol. The fourth-order valence-corrected chi connectivity index (χ4v) is 4.12. The van der Waals surface area contributed by atoms with Crippen LogP contribution in [0.15, 0.2) is 18.2 Å². The van der Waals surface area contributed by atoms with E-state index in [0.29, 0.717) is 28.4 Å². The van der Waals surface area contributed by atoms with Gasteiger partial charge in [-0.2, -0.15) is 15.4 Å². The van der Waals surface area contributed by atoms with Crippen molar-refractivity contribution in [3.63, 3.8) is 0 Å². The number of aromatic nitrogens is 3. The van der Waals surface area contributed by atoms with E-state index in [0.717, 1.165) is 12.8 Å². The van der Waals surface area contributed by atoms with Gasteiger partial charge in [0.1, 0.15) is 17.1 Å². The van der Waals surface area contributed by atoms with Crippen molar-refractivity contribution in [1.82, 2.24) is 26.0 Å². The zero-order valence-corrected chi connectivity index (χ0v) is 13.7. The minimum Gasteiger partial charge on any atom is -0.394 e. The van der Waals surface area contributed by atoms with Crippen LogP contribution in [-0.4, -0.2) is 51.0 Å². The highest BCUT2D eigenvalue weighted by atomic mass is 16.3. The first-order chi connectivity index (χ1) is 12.1. The molecule has 2 amide bonds. The number of aliphatic hydroxyl groups excluding tert-OH is 1. The third-order valence-corrected chi connectivity index (χ3v) is 5.45. The topological polar surface area (TPSA) is 120 Å². The van der Waals surface area contributed by atoms with Crippen LogP contribution >= 0.6 is 0 Å². The Labute approximate surface area is 144 Å². The summed E-state index contributed by atoms with van der Waals surface area (Å²) < 4.78 is 0. The molecule has 0 radical (unpaired) electrons. The highest BCUT2D eigenvalue weighted by Crippen LogP contribution is 2.44. The number of fused-ring (bicyclic) bond motifs is 3. The minimum atomic E-state index is -0.959. The van der Waals surface area contributed by atoms with Crippen LogP contribution in [0.2, 0.25) is 0 Å². The van der Waals surface area contributed by atoms with Crippen molar-refractivity contribution in [3.05, 3.63) is 23.8 Å². The first-order valence-corrected chi connectivity index (χ1v) is 8.66. The molecule has 0 aliphatic heterocycles. The normalized spacial score (nSPS) is 25.9. The zero-order chi connectivity index (χ0) is 17.4. The number of benzene rings is 1. The minimum absolute atomic E-state index is 0.170. The molecule has 4 atom stereocenters. The highest BCUT2D eigenvalue weighted by Gasteiger charge is 2.40. The summed E-state index contributed by atoms with van der Waals surface area (Å²) in [6.45, 7) is -0.440. The van der Waals surface area contributed by atoms with Gasteiger partial charge < -0.3 is 15.7 Å². The van der Waals surface area contributed by atoms with Crippen LogP contribution in [0, 0.1) is 11.8 Å². The van der Waals surface area contributed by atoms with Gasteiger partial charge in [0.05, 0.1) is 6.61 Å². The van der Waals surface area contributed by atoms with Gasteiger partial charge in [-0.15, -0.1) is 0 Å². The van der Waals surface area contributed by atoms with Crippen LogP contribution in [0.4, 0.5) is 0 Å². The molecule has 0 saturated heterocycles. The highest BCUT2D eigenvalue weighted by molar-refractivity contribution is 5.99. The predicted molar refractivity (Wildman–Crippen MR) is 89.6 cm³/mol. The molecule has 1 heterocycles. The quantitative estimate of drug-likeness (QED) is 0.624. The fraction of sp³-hybridized carbons (Fsp3) is 0.529. The second kappa shape index (κ2) is 6.44. The van der Waals surface area contributed by atoms with Crippen molar-refractivity contribution in [2.45, 2.75) is 37.8 Å². The molecule has 4 N–H and O–H groups in total. The van der Waals surface area contributed by atoms with E-state index in [4.69, 9.17) is 0 Å². The molecule has 0 spiro atoms. The van der Waals surface area contributed by atoms with Crippen molar-refractivity contribution in [2.24, 2.45) is 11.8 Å². The Balaban J connectivity index is 1.40. The van der Waals surface area contributed by atoms with Crippen LogP contribution in [0.3, 0.4) is 0 Å². The van der Waals surface area contributed by atoms with Gasteiger partial charge in [0.2, 0.25) is 5.91 Å². The van der Waals surface area contributed by atoms with Gasteiger partial charge in [0, 0.05) is 11.6 Å². The molecular formula is C17H21N5O3. The van der Waals surface area contributed by atoms with Crippen LogP contribution in [0.25, 0.3) is 11.0 Å². The molecular weight excluding hydrogens is 322 g/mol.